The number of esters is 1. The van der Waals surface area contributed by atoms with Gasteiger partial charge in [0.1, 0.15) is 11.4 Å². The van der Waals surface area contributed by atoms with E-state index in [4.69, 9.17) is 9.47 Å². The molecule has 0 amide bonds. The highest BCUT2D eigenvalue weighted by Gasteiger charge is 2.16. The number of hydrogen-bond donors (Lipinski definition) is 0. The first-order valence-corrected chi connectivity index (χ1v) is 7.03. The first kappa shape index (κ1) is 16.5. The lowest BCUT2D eigenvalue weighted by atomic mass is 9.87. The van der Waals surface area contributed by atoms with Crippen molar-refractivity contribution in [1.29, 1.82) is 0 Å². The highest BCUT2D eigenvalue weighted by molar-refractivity contribution is 5.69. The summed E-state index contributed by atoms with van der Waals surface area (Å²) in [5.41, 5.74) is 0.862. The van der Waals surface area contributed by atoms with Crippen molar-refractivity contribution in [2.45, 2.75) is 59.0 Å². The third-order valence-corrected chi connectivity index (χ3v) is 2.69. The van der Waals surface area contributed by atoms with Crippen molar-refractivity contribution in [2.75, 3.05) is 6.61 Å². The van der Waals surface area contributed by atoms with Crippen LogP contribution in [-0.4, -0.2) is 18.2 Å². The maximum atomic E-state index is 11.6. The molecule has 0 saturated carbocycles. The van der Waals surface area contributed by atoms with Gasteiger partial charge in [-0.1, -0.05) is 32.9 Å². The standard InChI is InChI=1S/C17H26O3/c1-16(2,3)13-8-7-9-14(12-13)19-11-10-15(18)20-17(4,5)6/h7-9,12H,10-11H2,1-6H3. The second-order valence-corrected chi connectivity index (χ2v) is 6.96. The predicted molar refractivity (Wildman–Crippen MR) is 81.1 cm³/mol. The fourth-order valence-electron chi connectivity index (χ4n) is 1.70. The molecule has 1 aromatic carbocycles. The molecule has 0 aromatic heterocycles. The van der Waals surface area contributed by atoms with E-state index in [0.717, 1.165) is 5.75 Å². The van der Waals surface area contributed by atoms with Crippen molar-refractivity contribution in [3.05, 3.63) is 29.8 Å². The summed E-state index contributed by atoms with van der Waals surface area (Å²) in [5, 5.41) is 0. The fraction of sp³-hybridized carbons (Fsp3) is 0.588. The van der Waals surface area contributed by atoms with Gasteiger partial charge in [0.15, 0.2) is 0 Å². The number of carbonyl (C=O) groups excluding carboxylic acids is 1. The van der Waals surface area contributed by atoms with Crippen LogP contribution in [0.4, 0.5) is 0 Å². The van der Waals surface area contributed by atoms with Crippen LogP contribution in [0.25, 0.3) is 0 Å². The topological polar surface area (TPSA) is 35.5 Å². The first-order chi connectivity index (χ1) is 9.08. The zero-order chi connectivity index (χ0) is 15.4. The Hall–Kier alpha value is -1.51. The van der Waals surface area contributed by atoms with E-state index in [1.165, 1.54) is 5.56 Å². The van der Waals surface area contributed by atoms with Gasteiger partial charge < -0.3 is 9.47 Å². The Morgan fingerprint density at radius 2 is 1.75 bits per heavy atom. The van der Waals surface area contributed by atoms with Crippen LogP contribution in [0, 0.1) is 0 Å². The Bertz CT molecular complexity index is 450. The molecule has 0 saturated heterocycles. The van der Waals surface area contributed by atoms with E-state index in [2.05, 4.69) is 26.8 Å². The molecular weight excluding hydrogens is 252 g/mol. The minimum absolute atomic E-state index is 0.0878. The number of rotatable bonds is 4. The molecule has 0 aliphatic carbocycles. The summed E-state index contributed by atoms with van der Waals surface area (Å²) in [4.78, 5) is 11.6. The van der Waals surface area contributed by atoms with Crippen molar-refractivity contribution >= 4 is 5.97 Å². The van der Waals surface area contributed by atoms with Crippen LogP contribution >= 0.6 is 0 Å². The largest absolute Gasteiger partial charge is 0.493 e. The van der Waals surface area contributed by atoms with Crippen molar-refractivity contribution in [3.63, 3.8) is 0 Å². The van der Waals surface area contributed by atoms with E-state index in [9.17, 15) is 4.79 Å². The van der Waals surface area contributed by atoms with Crippen LogP contribution in [0.15, 0.2) is 24.3 Å². The third kappa shape index (κ3) is 6.09. The second-order valence-electron chi connectivity index (χ2n) is 6.96. The molecule has 20 heavy (non-hydrogen) atoms. The summed E-state index contributed by atoms with van der Waals surface area (Å²) < 4.78 is 10.9. The normalized spacial score (nSPS) is 12.1. The monoisotopic (exact) mass is 278 g/mol. The van der Waals surface area contributed by atoms with Gasteiger partial charge >= 0.3 is 5.97 Å². The quantitative estimate of drug-likeness (QED) is 0.778. The lowest BCUT2D eigenvalue weighted by molar-refractivity contribution is -0.155. The van der Waals surface area contributed by atoms with Gasteiger partial charge in [0.2, 0.25) is 0 Å². The van der Waals surface area contributed by atoms with Crippen LogP contribution in [0.1, 0.15) is 53.5 Å². The van der Waals surface area contributed by atoms with Crippen LogP contribution in [0.2, 0.25) is 0 Å². The SMILES string of the molecule is CC(C)(C)OC(=O)CCOc1cccc(C(C)(C)C)c1. The molecule has 0 radical (unpaired) electrons. The maximum absolute atomic E-state index is 11.6. The molecule has 0 bridgehead atoms. The Kier molecular flexibility index (Phi) is 5.21. The zero-order valence-corrected chi connectivity index (χ0v) is 13.4. The van der Waals surface area contributed by atoms with Crippen LogP contribution in [-0.2, 0) is 14.9 Å². The molecule has 0 aliphatic rings. The van der Waals surface area contributed by atoms with Gasteiger partial charge in [-0.2, -0.15) is 0 Å². The molecule has 0 spiro atoms. The van der Waals surface area contributed by atoms with E-state index in [-0.39, 0.29) is 17.8 Å². The lowest BCUT2D eigenvalue weighted by Gasteiger charge is -2.20. The lowest BCUT2D eigenvalue weighted by Crippen LogP contribution is -2.24. The first-order valence-electron chi connectivity index (χ1n) is 7.03. The highest BCUT2D eigenvalue weighted by atomic mass is 16.6. The van der Waals surface area contributed by atoms with Crippen molar-refractivity contribution < 1.29 is 14.3 Å². The molecule has 112 valence electrons. The van der Waals surface area contributed by atoms with Crippen LogP contribution < -0.4 is 4.74 Å². The molecule has 3 heteroatoms. The summed E-state index contributed by atoms with van der Waals surface area (Å²) >= 11 is 0. The molecule has 1 aromatic rings. The van der Waals surface area contributed by atoms with E-state index in [0.29, 0.717) is 6.61 Å². The van der Waals surface area contributed by atoms with E-state index in [1.807, 2.05) is 39.0 Å². The molecule has 0 heterocycles. The summed E-state index contributed by atoms with van der Waals surface area (Å²) in [6.07, 6.45) is 0.261. The zero-order valence-electron chi connectivity index (χ0n) is 13.4. The smallest absolute Gasteiger partial charge is 0.309 e. The molecule has 3 nitrogen and oxygen atoms in total. The summed E-state index contributed by atoms with van der Waals surface area (Å²) in [6, 6.07) is 7.99. The van der Waals surface area contributed by atoms with Gasteiger partial charge in [0.25, 0.3) is 0 Å². The van der Waals surface area contributed by atoms with Gasteiger partial charge in [0, 0.05) is 0 Å². The Morgan fingerprint density at radius 1 is 1.10 bits per heavy atom. The fourth-order valence-corrected chi connectivity index (χ4v) is 1.70. The highest BCUT2D eigenvalue weighted by Crippen LogP contribution is 2.25. The number of hydrogen-bond acceptors (Lipinski definition) is 3. The minimum Gasteiger partial charge on any atom is -0.493 e. The molecular formula is C17H26O3. The van der Waals surface area contributed by atoms with Gasteiger partial charge in [-0.3, -0.25) is 4.79 Å². The van der Waals surface area contributed by atoms with E-state index >= 15 is 0 Å². The van der Waals surface area contributed by atoms with Crippen LogP contribution in [0.3, 0.4) is 0 Å². The van der Waals surface area contributed by atoms with E-state index in [1.54, 1.807) is 0 Å². The van der Waals surface area contributed by atoms with Gasteiger partial charge in [-0.25, -0.2) is 0 Å². The summed E-state index contributed by atoms with van der Waals surface area (Å²) in [7, 11) is 0. The Balaban J connectivity index is 2.49. The summed E-state index contributed by atoms with van der Waals surface area (Å²) in [5.74, 6) is 0.561. The van der Waals surface area contributed by atoms with E-state index < -0.39 is 5.60 Å². The third-order valence-electron chi connectivity index (χ3n) is 2.69. The van der Waals surface area contributed by atoms with Crippen molar-refractivity contribution in [2.24, 2.45) is 0 Å². The predicted octanol–water partition coefficient (Wildman–Crippen LogP) is 4.09. The van der Waals surface area contributed by atoms with Crippen molar-refractivity contribution in [3.8, 4) is 5.75 Å². The molecule has 0 fully saturated rings. The minimum atomic E-state index is -0.441. The summed E-state index contributed by atoms with van der Waals surface area (Å²) in [6.45, 7) is 12.4. The van der Waals surface area contributed by atoms with Gasteiger partial charge in [-0.05, 0) is 43.9 Å². The molecule has 1 rings (SSSR count). The number of benzene rings is 1. The average molecular weight is 278 g/mol. The van der Waals surface area contributed by atoms with Crippen LogP contribution in [0.5, 0.6) is 5.75 Å². The molecule has 0 atom stereocenters. The second kappa shape index (κ2) is 6.29. The number of carbonyl (C=O) groups is 1. The maximum Gasteiger partial charge on any atom is 0.309 e. The van der Waals surface area contributed by atoms with Gasteiger partial charge in [-0.15, -0.1) is 0 Å². The van der Waals surface area contributed by atoms with Gasteiger partial charge in [0.05, 0.1) is 13.0 Å². The Morgan fingerprint density at radius 3 is 2.30 bits per heavy atom. The van der Waals surface area contributed by atoms with Crippen molar-refractivity contribution in [1.82, 2.24) is 0 Å². The average Bonchev–Trinajstić information content (AvgIpc) is 2.25. The molecule has 0 aliphatic heterocycles. The number of ether oxygens (including phenoxy) is 2. The molecule has 0 unspecified atom stereocenters. The molecule has 0 N–H and O–H groups in total. The Labute approximate surface area is 122 Å².